The summed E-state index contributed by atoms with van der Waals surface area (Å²) in [7, 11) is 4.33. The van der Waals surface area contributed by atoms with E-state index >= 15 is 0 Å². The van der Waals surface area contributed by atoms with Crippen LogP contribution in [-0.2, 0) is 4.74 Å². The molecule has 0 fully saturated rings. The lowest BCUT2D eigenvalue weighted by Crippen LogP contribution is -2.42. The quantitative estimate of drug-likeness (QED) is 0.319. The number of rotatable bonds is 7. The van der Waals surface area contributed by atoms with E-state index < -0.39 is 0 Å². The van der Waals surface area contributed by atoms with Gasteiger partial charge in [0.2, 0.25) is 0 Å². The van der Waals surface area contributed by atoms with Gasteiger partial charge in [-0.25, -0.2) is 0 Å². The summed E-state index contributed by atoms with van der Waals surface area (Å²) < 4.78 is 6.23. The monoisotopic (exact) mass is 170 g/mol. The number of nitrogens with zero attached hydrogens (tertiary/aromatic N) is 1. The fourth-order valence-corrected chi connectivity index (χ4v) is 0.919. The molecule has 0 aromatic heterocycles. The van der Waals surface area contributed by atoms with Crippen molar-refractivity contribution < 1.29 is 9.22 Å². The number of likely N-dealkylation sites (N-methyl/N-ethyl adjacent to an activating group) is 1. The first-order chi connectivity index (χ1) is 5.62. The van der Waals surface area contributed by atoms with E-state index in [0.29, 0.717) is 6.61 Å². The van der Waals surface area contributed by atoms with Crippen LogP contribution >= 0.6 is 0 Å². The van der Waals surface area contributed by atoms with Crippen LogP contribution in [0.1, 0.15) is 0 Å². The summed E-state index contributed by atoms with van der Waals surface area (Å²) in [6, 6.07) is 0. The average molecular weight is 170 g/mol. The van der Waals surface area contributed by atoms with Gasteiger partial charge < -0.3 is 9.22 Å². The summed E-state index contributed by atoms with van der Waals surface area (Å²) in [4.78, 5) is 0. The van der Waals surface area contributed by atoms with Crippen molar-refractivity contribution in [3.05, 3.63) is 25.3 Å². The first kappa shape index (κ1) is 11.4. The first-order valence-corrected chi connectivity index (χ1v) is 4.24. The summed E-state index contributed by atoms with van der Waals surface area (Å²) in [6.07, 6.45) is 3.71. The van der Waals surface area contributed by atoms with Gasteiger partial charge in [-0.05, 0) is 6.08 Å². The van der Waals surface area contributed by atoms with Gasteiger partial charge in [-0.3, -0.25) is 0 Å². The third-order valence-electron chi connectivity index (χ3n) is 1.70. The summed E-state index contributed by atoms with van der Waals surface area (Å²) in [5, 5.41) is 0. The zero-order valence-electron chi connectivity index (χ0n) is 8.25. The molecule has 0 aliphatic heterocycles. The molecule has 0 N–H and O–H groups in total. The third kappa shape index (κ3) is 6.13. The Morgan fingerprint density at radius 1 is 1.25 bits per heavy atom. The highest BCUT2D eigenvalue weighted by Crippen LogP contribution is 1.96. The van der Waals surface area contributed by atoms with Crippen LogP contribution in [0.15, 0.2) is 25.3 Å². The van der Waals surface area contributed by atoms with E-state index in [2.05, 4.69) is 27.3 Å². The fraction of sp³-hybridized carbons (Fsp3) is 0.600. The molecule has 0 saturated carbocycles. The van der Waals surface area contributed by atoms with Crippen molar-refractivity contribution in [2.75, 3.05) is 40.4 Å². The Balaban J connectivity index is 3.45. The fourth-order valence-electron chi connectivity index (χ4n) is 0.919. The Bertz CT molecular complexity index is 141. The molecule has 0 atom stereocenters. The molecule has 2 heteroatoms. The minimum atomic E-state index is 0.647. The standard InChI is InChI=1S/C10H20NO/c1-5-7-11(3,4)8-10-12-9-6-2/h5-6H,1-2,7-10H2,3-4H3/q+1. The smallest absolute Gasteiger partial charge is 0.102 e. The lowest BCUT2D eigenvalue weighted by atomic mass is 10.4. The van der Waals surface area contributed by atoms with Crippen LogP contribution in [0, 0.1) is 0 Å². The average Bonchev–Trinajstić information content (AvgIpc) is 1.98. The molecule has 0 aliphatic rings. The van der Waals surface area contributed by atoms with Crippen molar-refractivity contribution >= 4 is 0 Å². The minimum absolute atomic E-state index is 0.647. The molecule has 0 radical (unpaired) electrons. The Labute approximate surface area is 75.7 Å². The molecule has 0 amide bonds. The summed E-state index contributed by atoms with van der Waals surface area (Å²) in [6.45, 7) is 10.7. The number of hydrogen-bond donors (Lipinski definition) is 0. The predicted molar refractivity (Wildman–Crippen MR) is 53.1 cm³/mol. The van der Waals surface area contributed by atoms with Crippen LogP contribution < -0.4 is 0 Å². The molecule has 0 heterocycles. The number of ether oxygens (including phenoxy) is 1. The molecule has 0 aliphatic carbocycles. The topological polar surface area (TPSA) is 9.23 Å². The summed E-state index contributed by atoms with van der Waals surface area (Å²) >= 11 is 0. The largest absolute Gasteiger partial charge is 0.372 e. The number of quaternary nitrogens is 1. The lowest BCUT2D eigenvalue weighted by Gasteiger charge is -2.27. The SMILES string of the molecule is C=CCOCC[N+](C)(C)CC=C. The maximum absolute atomic E-state index is 5.30. The van der Waals surface area contributed by atoms with Crippen molar-refractivity contribution in [1.29, 1.82) is 0 Å². The van der Waals surface area contributed by atoms with Gasteiger partial charge >= 0.3 is 0 Å². The molecule has 0 spiro atoms. The molecule has 0 bridgehead atoms. The van der Waals surface area contributed by atoms with Crippen molar-refractivity contribution in [3.8, 4) is 0 Å². The minimum Gasteiger partial charge on any atom is -0.372 e. The van der Waals surface area contributed by atoms with Gasteiger partial charge in [-0.1, -0.05) is 12.7 Å². The van der Waals surface area contributed by atoms with Crippen molar-refractivity contribution in [2.45, 2.75) is 0 Å². The second kappa shape index (κ2) is 5.98. The van der Waals surface area contributed by atoms with E-state index in [1.54, 1.807) is 6.08 Å². The summed E-state index contributed by atoms with van der Waals surface area (Å²) in [5.41, 5.74) is 0. The van der Waals surface area contributed by atoms with Crippen molar-refractivity contribution in [2.24, 2.45) is 0 Å². The maximum Gasteiger partial charge on any atom is 0.102 e. The lowest BCUT2D eigenvalue weighted by molar-refractivity contribution is -0.884. The molecular formula is C10H20NO+. The van der Waals surface area contributed by atoms with Crippen LogP contribution in [0.2, 0.25) is 0 Å². The third-order valence-corrected chi connectivity index (χ3v) is 1.70. The van der Waals surface area contributed by atoms with Gasteiger partial charge in [-0.2, -0.15) is 0 Å². The van der Waals surface area contributed by atoms with Gasteiger partial charge in [0.15, 0.2) is 0 Å². The highest BCUT2D eigenvalue weighted by atomic mass is 16.5. The Morgan fingerprint density at radius 3 is 2.42 bits per heavy atom. The van der Waals surface area contributed by atoms with E-state index in [4.69, 9.17) is 4.74 Å². The van der Waals surface area contributed by atoms with Crippen LogP contribution in [0.5, 0.6) is 0 Å². The van der Waals surface area contributed by atoms with Gasteiger partial charge in [0, 0.05) is 0 Å². The second-order valence-corrected chi connectivity index (χ2v) is 3.49. The van der Waals surface area contributed by atoms with Crippen LogP contribution in [0.3, 0.4) is 0 Å². The van der Waals surface area contributed by atoms with Gasteiger partial charge in [0.1, 0.15) is 6.54 Å². The molecule has 0 unspecified atom stereocenters. The predicted octanol–water partition coefficient (Wildman–Crippen LogP) is 1.45. The van der Waals surface area contributed by atoms with Gasteiger partial charge in [-0.15, -0.1) is 6.58 Å². The molecule has 0 aromatic carbocycles. The van der Waals surface area contributed by atoms with Crippen LogP contribution in [0.25, 0.3) is 0 Å². The second-order valence-electron chi connectivity index (χ2n) is 3.49. The maximum atomic E-state index is 5.30. The molecule has 2 nitrogen and oxygen atoms in total. The molecular weight excluding hydrogens is 150 g/mol. The van der Waals surface area contributed by atoms with E-state index in [0.717, 1.165) is 24.2 Å². The Morgan fingerprint density at radius 2 is 1.92 bits per heavy atom. The van der Waals surface area contributed by atoms with E-state index in [9.17, 15) is 0 Å². The van der Waals surface area contributed by atoms with E-state index in [1.807, 2.05) is 6.08 Å². The van der Waals surface area contributed by atoms with Crippen LogP contribution in [0.4, 0.5) is 0 Å². The van der Waals surface area contributed by atoms with Gasteiger partial charge in [0.05, 0.1) is 33.9 Å². The highest BCUT2D eigenvalue weighted by molar-refractivity contribution is 4.65. The number of hydrogen-bond acceptors (Lipinski definition) is 1. The molecule has 0 saturated heterocycles. The van der Waals surface area contributed by atoms with E-state index in [-0.39, 0.29) is 0 Å². The Kier molecular flexibility index (Phi) is 5.68. The van der Waals surface area contributed by atoms with E-state index in [1.165, 1.54) is 0 Å². The van der Waals surface area contributed by atoms with Crippen LogP contribution in [-0.4, -0.2) is 44.9 Å². The molecule has 12 heavy (non-hydrogen) atoms. The van der Waals surface area contributed by atoms with Crippen molar-refractivity contribution in [1.82, 2.24) is 0 Å². The summed E-state index contributed by atoms with van der Waals surface area (Å²) in [5.74, 6) is 0. The first-order valence-electron chi connectivity index (χ1n) is 4.24. The van der Waals surface area contributed by atoms with Gasteiger partial charge in [0.25, 0.3) is 0 Å². The molecule has 0 rings (SSSR count). The molecule has 0 aromatic rings. The normalized spacial score (nSPS) is 11.2. The molecule has 70 valence electrons. The zero-order valence-corrected chi connectivity index (χ0v) is 8.25. The Hall–Kier alpha value is -0.600. The van der Waals surface area contributed by atoms with Crippen molar-refractivity contribution in [3.63, 3.8) is 0 Å². The zero-order chi connectivity index (χ0) is 9.45. The highest BCUT2D eigenvalue weighted by Gasteiger charge is 2.11.